The Morgan fingerprint density at radius 2 is 1.21 bits per heavy atom. The molecule has 4 heteroatoms. The Balaban J connectivity index is 2.30. The van der Waals surface area contributed by atoms with Crippen molar-refractivity contribution in [3.05, 3.63) is 70.6 Å². The number of rotatable bonds is 0. The minimum absolute atomic E-state index is 0.258. The second-order valence-electron chi connectivity index (χ2n) is 5.93. The number of benzene rings is 5. The third-order valence-corrected chi connectivity index (χ3v) is 4.79. The molecule has 0 N–H and O–H groups in total. The highest BCUT2D eigenvalue weighted by Gasteiger charge is 2.32. The number of fused-ring (bicyclic) bond motifs is 2. The van der Waals surface area contributed by atoms with Crippen LogP contribution in [0.1, 0.15) is 0 Å². The predicted molar refractivity (Wildman–Crippen MR) is 97.1 cm³/mol. The molecule has 24 heavy (non-hydrogen) atoms. The van der Waals surface area contributed by atoms with Gasteiger partial charge in [-0.05, 0) is 32.3 Å². The molecule has 0 aromatic heterocycles. The van der Waals surface area contributed by atoms with Crippen LogP contribution in [-0.4, -0.2) is 0 Å². The zero-order chi connectivity index (χ0) is 16.3. The van der Waals surface area contributed by atoms with Crippen LogP contribution < -0.4 is 0 Å². The van der Waals surface area contributed by atoms with Crippen LogP contribution in [0, 0.1) is 10.8 Å². The Morgan fingerprint density at radius 3 is 1.88 bits per heavy atom. The fourth-order valence-corrected chi connectivity index (χ4v) is 3.87. The van der Waals surface area contributed by atoms with E-state index in [4.69, 9.17) is 0 Å². The molecule has 0 saturated carbocycles. The average molecular weight is 306 g/mol. The first-order valence-electron chi connectivity index (χ1n) is 7.66. The molecule has 0 bridgehead atoms. The van der Waals surface area contributed by atoms with Crippen molar-refractivity contribution in [2.24, 2.45) is 0 Å². The van der Waals surface area contributed by atoms with Gasteiger partial charge in [0.15, 0.2) is 9.95 Å². The Labute approximate surface area is 136 Å². The molecule has 108 valence electrons. The fraction of sp³-hybridized carbons (Fsp3) is 0. The second-order valence-corrected chi connectivity index (χ2v) is 5.93. The summed E-state index contributed by atoms with van der Waals surface area (Å²) in [6.07, 6.45) is 0. The van der Waals surface area contributed by atoms with Gasteiger partial charge < -0.3 is 0 Å². The first kappa shape index (κ1) is 12.8. The summed E-state index contributed by atoms with van der Waals surface area (Å²) in [5, 5.41) is 27.2. The van der Waals surface area contributed by atoms with E-state index in [2.05, 4.69) is 40.3 Å². The SMILES string of the molecule is N#[N+]c1cc2cccc3c4cccc5cccc(c(c1[N+]#N)c23)c54. The van der Waals surface area contributed by atoms with Gasteiger partial charge in [0.1, 0.15) is 0 Å². The standard InChI is InChI=1S/C20H10N4/c21-23-16-10-12-6-3-8-14-13-7-1-4-11-5-2-9-15(17(11)13)19(18(12)14)20(16)24-22/h1-10H/q+2. The number of hydrogen-bond acceptors (Lipinski definition) is 2. The monoisotopic (exact) mass is 306 g/mol. The van der Waals surface area contributed by atoms with E-state index < -0.39 is 0 Å². The van der Waals surface area contributed by atoms with Crippen LogP contribution in [0.4, 0.5) is 11.4 Å². The summed E-state index contributed by atoms with van der Waals surface area (Å²) in [4.78, 5) is 6.76. The van der Waals surface area contributed by atoms with E-state index in [9.17, 15) is 10.8 Å². The summed E-state index contributed by atoms with van der Waals surface area (Å²) in [5.74, 6) is 0. The van der Waals surface area contributed by atoms with Crippen molar-refractivity contribution in [3.8, 4) is 0 Å². The van der Waals surface area contributed by atoms with Gasteiger partial charge in [-0.2, -0.15) is 0 Å². The maximum absolute atomic E-state index is 9.59. The van der Waals surface area contributed by atoms with Crippen molar-refractivity contribution < 1.29 is 0 Å². The summed E-state index contributed by atoms with van der Waals surface area (Å²) in [7, 11) is 0. The first-order valence-corrected chi connectivity index (χ1v) is 7.66. The van der Waals surface area contributed by atoms with Gasteiger partial charge in [0.05, 0.1) is 11.5 Å². The molecule has 0 atom stereocenters. The van der Waals surface area contributed by atoms with Crippen LogP contribution in [0.2, 0.25) is 0 Å². The van der Waals surface area contributed by atoms with Crippen molar-refractivity contribution in [1.82, 2.24) is 0 Å². The van der Waals surface area contributed by atoms with E-state index in [0.29, 0.717) is 5.69 Å². The minimum Gasteiger partial charge on any atom is -0.0610 e. The lowest BCUT2D eigenvalue weighted by atomic mass is 9.89. The van der Waals surface area contributed by atoms with Crippen LogP contribution >= 0.6 is 0 Å². The van der Waals surface area contributed by atoms with Crippen LogP contribution in [-0.2, 0) is 0 Å². The molecule has 0 radical (unpaired) electrons. The Bertz CT molecular complexity index is 1360. The highest BCUT2D eigenvalue weighted by Crippen LogP contribution is 2.47. The van der Waals surface area contributed by atoms with E-state index in [1.165, 1.54) is 5.39 Å². The maximum Gasteiger partial charge on any atom is 0.487 e. The van der Waals surface area contributed by atoms with Crippen LogP contribution in [0.25, 0.3) is 53.0 Å². The van der Waals surface area contributed by atoms with Gasteiger partial charge in [0.2, 0.25) is 10.8 Å². The normalized spacial score (nSPS) is 11.2. The molecule has 4 nitrogen and oxygen atoms in total. The van der Waals surface area contributed by atoms with Crippen molar-refractivity contribution in [1.29, 1.82) is 10.8 Å². The zero-order valence-corrected chi connectivity index (χ0v) is 12.6. The maximum atomic E-state index is 9.59. The van der Waals surface area contributed by atoms with E-state index >= 15 is 0 Å². The molecule has 0 amide bonds. The highest BCUT2D eigenvalue weighted by atomic mass is 14.9. The quantitative estimate of drug-likeness (QED) is 0.181. The van der Waals surface area contributed by atoms with Crippen LogP contribution in [0.3, 0.4) is 0 Å². The molecule has 0 unspecified atom stereocenters. The van der Waals surface area contributed by atoms with Gasteiger partial charge in [0, 0.05) is 5.39 Å². The number of diazo groups is 2. The predicted octanol–water partition coefficient (Wildman–Crippen LogP) is 6.71. The lowest BCUT2D eigenvalue weighted by Gasteiger charge is -2.12. The first-order chi connectivity index (χ1) is 11.8. The van der Waals surface area contributed by atoms with E-state index in [1.807, 2.05) is 24.3 Å². The topological polar surface area (TPSA) is 56.3 Å². The molecule has 0 aliphatic heterocycles. The Kier molecular flexibility index (Phi) is 2.33. The summed E-state index contributed by atoms with van der Waals surface area (Å²) in [6.45, 7) is 0. The van der Waals surface area contributed by atoms with E-state index in [1.54, 1.807) is 6.07 Å². The third-order valence-electron chi connectivity index (χ3n) is 4.79. The number of nitrogens with zero attached hydrogens (tertiary/aromatic N) is 4. The van der Waals surface area contributed by atoms with Crippen molar-refractivity contribution in [2.45, 2.75) is 0 Å². The highest BCUT2D eigenvalue weighted by molar-refractivity contribution is 6.36. The van der Waals surface area contributed by atoms with Crippen molar-refractivity contribution in [2.75, 3.05) is 0 Å². The summed E-state index contributed by atoms with van der Waals surface area (Å²) in [5.41, 5.74) is 0.549. The van der Waals surface area contributed by atoms with Gasteiger partial charge in [-0.15, -0.1) is 0 Å². The molecule has 0 spiro atoms. The fourth-order valence-electron chi connectivity index (χ4n) is 3.87. The molecule has 0 heterocycles. The minimum atomic E-state index is 0.258. The second kappa shape index (κ2) is 4.38. The Morgan fingerprint density at radius 1 is 0.583 bits per heavy atom. The molecule has 0 fully saturated rings. The van der Waals surface area contributed by atoms with E-state index in [0.717, 1.165) is 37.7 Å². The summed E-state index contributed by atoms with van der Waals surface area (Å²) in [6, 6.07) is 20.1. The van der Waals surface area contributed by atoms with Crippen LogP contribution in [0.5, 0.6) is 0 Å². The molecule has 5 aromatic carbocycles. The average Bonchev–Trinajstić information content (AvgIpc) is 2.64. The lowest BCUT2D eigenvalue weighted by molar-refractivity contribution is 1.45. The van der Waals surface area contributed by atoms with Crippen molar-refractivity contribution >= 4 is 54.5 Å². The van der Waals surface area contributed by atoms with Gasteiger partial charge in [-0.1, -0.05) is 54.6 Å². The number of hydrogen-bond donors (Lipinski definition) is 0. The smallest absolute Gasteiger partial charge is 0.0610 e. The van der Waals surface area contributed by atoms with Gasteiger partial charge >= 0.3 is 11.4 Å². The summed E-state index contributed by atoms with van der Waals surface area (Å²) < 4.78 is 0. The van der Waals surface area contributed by atoms with Crippen LogP contribution in [0.15, 0.2) is 60.7 Å². The largest absolute Gasteiger partial charge is 0.487 e. The van der Waals surface area contributed by atoms with E-state index in [-0.39, 0.29) is 5.69 Å². The molecule has 0 aliphatic rings. The molecular weight excluding hydrogens is 296 g/mol. The van der Waals surface area contributed by atoms with Gasteiger partial charge in [-0.25, -0.2) is 0 Å². The van der Waals surface area contributed by atoms with Gasteiger partial charge in [-0.3, -0.25) is 0 Å². The molecule has 0 saturated heterocycles. The third kappa shape index (κ3) is 1.40. The molecule has 5 rings (SSSR count). The Hall–Kier alpha value is -3.76. The molecular formula is C20H10N4+2. The zero-order valence-electron chi connectivity index (χ0n) is 12.6. The molecule has 0 aliphatic carbocycles. The summed E-state index contributed by atoms with van der Waals surface area (Å²) >= 11 is 0. The van der Waals surface area contributed by atoms with Gasteiger partial charge in [0.25, 0.3) is 0 Å². The molecule has 5 aromatic rings. The van der Waals surface area contributed by atoms with Crippen molar-refractivity contribution in [3.63, 3.8) is 0 Å². The lowest BCUT2D eigenvalue weighted by Crippen LogP contribution is -1.87.